The Hall–Kier alpha value is -3.05. The number of nitrogens with one attached hydrogen (secondary N) is 1. The zero-order valence-corrected chi connectivity index (χ0v) is 21.3. The first-order valence-electron chi connectivity index (χ1n) is 13.0. The van der Waals surface area contributed by atoms with Crippen molar-refractivity contribution >= 4 is 27.7 Å². The van der Waals surface area contributed by atoms with E-state index in [0.29, 0.717) is 30.0 Å². The number of benzene rings is 1. The standard InChI is InChI=1S/C26H30N4O6S/c31-24(22-14-23(36-28-22)16-9-10-16)27-21-13-18-6-3-5-17(21)15-30(18)37(34,35)12-4-11-29-25(32)19-7-1-2-8-20(19)26(29)33/h1-2,7-8,14,16-18,21H,3-6,9-13,15H2,(H,27,31). The first kappa shape index (κ1) is 24.3. The number of hydrogen-bond donors (Lipinski definition) is 1. The number of rotatable bonds is 8. The van der Waals surface area contributed by atoms with Gasteiger partial charge < -0.3 is 9.84 Å². The number of piperidine rings is 1. The van der Waals surface area contributed by atoms with E-state index in [1.54, 1.807) is 34.6 Å². The molecule has 2 saturated heterocycles. The van der Waals surface area contributed by atoms with Crippen LogP contribution in [0.25, 0.3) is 0 Å². The number of imide groups is 1. The molecule has 3 unspecified atom stereocenters. The molecule has 1 N–H and O–H groups in total. The van der Waals surface area contributed by atoms with Crippen molar-refractivity contribution in [2.75, 3.05) is 18.8 Å². The van der Waals surface area contributed by atoms with Crippen LogP contribution in [-0.2, 0) is 10.0 Å². The van der Waals surface area contributed by atoms with E-state index in [9.17, 15) is 22.8 Å². The van der Waals surface area contributed by atoms with Gasteiger partial charge in [0.05, 0.1) is 16.9 Å². The molecule has 0 radical (unpaired) electrons. The average molecular weight is 527 g/mol. The molecule has 7 rings (SSSR count). The second-order valence-corrected chi connectivity index (χ2v) is 12.6. The summed E-state index contributed by atoms with van der Waals surface area (Å²) in [5, 5.41) is 7.01. The first-order chi connectivity index (χ1) is 17.8. The Morgan fingerprint density at radius 1 is 1.08 bits per heavy atom. The lowest BCUT2D eigenvalue weighted by Crippen LogP contribution is -2.55. The molecular formula is C26H30N4O6S. The van der Waals surface area contributed by atoms with Crippen molar-refractivity contribution in [1.29, 1.82) is 0 Å². The van der Waals surface area contributed by atoms with Gasteiger partial charge in [-0.2, -0.15) is 4.31 Å². The number of hydrogen-bond acceptors (Lipinski definition) is 7. The van der Waals surface area contributed by atoms with Crippen LogP contribution in [0.15, 0.2) is 34.9 Å². The largest absolute Gasteiger partial charge is 0.360 e. The van der Waals surface area contributed by atoms with Crippen molar-refractivity contribution in [2.24, 2.45) is 5.92 Å². The molecule has 3 amide bonds. The molecule has 3 aliphatic heterocycles. The number of carbonyl (C=O) groups is 3. The minimum Gasteiger partial charge on any atom is -0.360 e. The quantitative estimate of drug-likeness (QED) is 0.523. The fourth-order valence-electron chi connectivity index (χ4n) is 5.96. The number of carbonyl (C=O) groups excluding carboxylic acids is 3. The van der Waals surface area contributed by atoms with Gasteiger partial charge in [-0.3, -0.25) is 19.3 Å². The predicted molar refractivity (Wildman–Crippen MR) is 132 cm³/mol. The van der Waals surface area contributed by atoms with Gasteiger partial charge in [0.25, 0.3) is 17.7 Å². The van der Waals surface area contributed by atoms with Crippen LogP contribution in [-0.4, -0.2) is 71.4 Å². The molecule has 196 valence electrons. The third-order valence-corrected chi connectivity index (χ3v) is 10.1. The zero-order valence-electron chi connectivity index (χ0n) is 20.5. The molecule has 37 heavy (non-hydrogen) atoms. The summed E-state index contributed by atoms with van der Waals surface area (Å²) in [7, 11) is -3.59. The molecule has 10 nitrogen and oxygen atoms in total. The summed E-state index contributed by atoms with van der Waals surface area (Å²) in [4.78, 5) is 39.1. The van der Waals surface area contributed by atoms with Crippen LogP contribution >= 0.6 is 0 Å². The molecule has 1 aromatic heterocycles. The van der Waals surface area contributed by atoms with E-state index in [-0.39, 0.29) is 60.1 Å². The van der Waals surface area contributed by atoms with Crippen LogP contribution < -0.4 is 5.32 Å². The predicted octanol–water partition coefficient (Wildman–Crippen LogP) is 2.54. The van der Waals surface area contributed by atoms with E-state index < -0.39 is 10.0 Å². The highest BCUT2D eigenvalue weighted by atomic mass is 32.2. The van der Waals surface area contributed by atoms with Crippen molar-refractivity contribution in [1.82, 2.24) is 19.7 Å². The Morgan fingerprint density at radius 2 is 1.81 bits per heavy atom. The fraction of sp³-hybridized carbons (Fsp3) is 0.538. The van der Waals surface area contributed by atoms with Gasteiger partial charge in [0.2, 0.25) is 10.0 Å². The monoisotopic (exact) mass is 526 g/mol. The molecule has 2 aromatic rings. The van der Waals surface area contributed by atoms with Gasteiger partial charge in [0.15, 0.2) is 5.69 Å². The third-order valence-electron chi connectivity index (χ3n) is 8.11. The van der Waals surface area contributed by atoms with Crippen LogP contribution in [0.4, 0.5) is 0 Å². The van der Waals surface area contributed by atoms with Gasteiger partial charge in [-0.05, 0) is 56.6 Å². The zero-order chi connectivity index (χ0) is 25.7. The van der Waals surface area contributed by atoms with E-state index in [2.05, 4.69) is 10.5 Å². The minimum atomic E-state index is -3.59. The van der Waals surface area contributed by atoms with Crippen molar-refractivity contribution in [3.63, 3.8) is 0 Å². The maximum atomic E-state index is 13.3. The summed E-state index contributed by atoms with van der Waals surface area (Å²) >= 11 is 0. The molecule has 2 aliphatic carbocycles. The number of amides is 3. The third kappa shape index (κ3) is 4.59. The number of nitrogens with zero attached hydrogens (tertiary/aromatic N) is 3. The van der Waals surface area contributed by atoms with Gasteiger partial charge in [-0.15, -0.1) is 0 Å². The van der Waals surface area contributed by atoms with Gasteiger partial charge in [0, 0.05) is 37.2 Å². The Balaban J connectivity index is 1.06. The van der Waals surface area contributed by atoms with E-state index in [1.165, 1.54) is 0 Å². The van der Waals surface area contributed by atoms with Crippen LogP contribution in [0.5, 0.6) is 0 Å². The summed E-state index contributed by atoms with van der Waals surface area (Å²) in [5.41, 5.74) is 1.00. The first-order valence-corrected chi connectivity index (χ1v) is 14.6. The lowest BCUT2D eigenvalue weighted by molar-refractivity contribution is 0.0653. The van der Waals surface area contributed by atoms with E-state index in [1.807, 2.05) is 0 Å². The van der Waals surface area contributed by atoms with Crippen LogP contribution in [0.3, 0.4) is 0 Å². The molecule has 3 atom stereocenters. The van der Waals surface area contributed by atoms with Crippen molar-refractivity contribution < 1.29 is 27.3 Å². The highest BCUT2D eigenvalue weighted by Gasteiger charge is 2.44. The summed E-state index contributed by atoms with van der Waals surface area (Å²) in [6.45, 7) is 0.420. The summed E-state index contributed by atoms with van der Waals surface area (Å²) < 4.78 is 33.6. The van der Waals surface area contributed by atoms with Gasteiger partial charge in [0.1, 0.15) is 5.76 Å². The van der Waals surface area contributed by atoms with Gasteiger partial charge >= 0.3 is 0 Å². The molecular weight excluding hydrogens is 496 g/mol. The number of fused-ring (bicyclic) bond motifs is 5. The molecule has 2 bridgehead atoms. The summed E-state index contributed by atoms with van der Waals surface area (Å²) in [6, 6.07) is 8.05. The average Bonchev–Trinajstić information content (AvgIpc) is 3.65. The topological polar surface area (TPSA) is 130 Å². The Bertz CT molecular complexity index is 1320. The van der Waals surface area contributed by atoms with Crippen LogP contribution in [0.2, 0.25) is 0 Å². The van der Waals surface area contributed by atoms with E-state index in [0.717, 1.165) is 42.8 Å². The van der Waals surface area contributed by atoms with Crippen LogP contribution in [0.1, 0.15) is 87.8 Å². The second kappa shape index (κ2) is 9.36. The number of aromatic nitrogens is 1. The fourth-order valence-corrected chi connectivity index (χ4v) is 7.75. The molecule has 5 aliphatic rings. The number of sulfonamides is 1. The second-order valence-electron chi connectivity index (χ2n) is 10.6. The lowest BCUT2D eigenvalue weighted by Gasteiger charge is -2.40. The van der Waals surface area contributed by atoms with Gasteiger partial charge in [-0.1, -0.05) is 23.7 Å². The van der Waals surface area contributed by atoms with Crippen molar-refractivity contribution in [3.8, 4) is 0 Å². The molecule has 4 heterocycles. The van der Waals surface area contributed by atoms with Crippen LogP contribution in [0, 0.1) is 5.92 Å². The Morgan fingerprint density at radius 3 is 2.51 bits per heavy atom. The Kier molecular flexibility index (Phi) is 6.15. The Labute approximate surface area is 215 Å². The minimum absolute atomic E-state index is 0.0171. The summed E-state index contributed by atoms with van der Waals surface area (Å²) in [5.74, 6) is -0.0100. The highest BCUT2D eigenvalue weighted by Crippen LogP contribution is 2.40. The van der Waals surface area contributed by atoms with E-state index >= 15 is 0 Å². The molecule has 2 saturated carbocycles. The lowest BCUT2D eigenvalue weighted by atomic mass is 9.90. The molecule has 1 aromatic carbocycles. The maximum absolute atomic E-state index is 13.3. The van der Waals surface area contributed by atoms with Crippen molar-refractivity contribution in [2.45, 2.75) is 62.9 Å². The summed E-state index contributed by atoms with van der Waals surface area (Å²) in [6.07, 6.45) is 5.35. The maximum Gasteiger partial charge on any atom is 0.273 e. The highest BCUT2D eigenvalue weighted by molar-refractivity contribution is 7.89. The van der Waals surface area contributed by atoms with Crippen molar-refractivity contribution in [3.05, 3.63) is 52.9 Å². The smallest absolute Gasteiger partial charge is 0.273 e. The molecule has 4 fully saturated rings. The molecule has 11 heteroatoms. The van der Waals surface area contributed by atoms with Gasteiger partial charge in [-0.25, -0.2) is 8.42 Å². The molecule has 0 spiro atoms. The van der Waals surface area contributed by atoms with E-state index in [4.69, 9.17) is 4.52 Å². The SMILES string of the molecule is O=C(NC1CC2CCCC1CN2S(=O)(=O)CCCN1C(=O)c2ccccc2C1=O)c1cc(C2CC2)on1. The normalized spacial score (nSPS) is 25.8.